The van der Waals surface area contributed by atoms with Crippen LogP contribution in [0, 0.1) is 6.92 Å². The van der Waals surface area contributed by atoms with Crippen LogP contribution < -0.4 is 5.32 Å². The molecule has 3 aliphatic rings. The van der Waals surface area contributed by atoms with Crippen molar-refractivity contribution < 1.29 is 19.1 Å². The minimum absolute atomic E-state index is 0.00709. The number of nitrogens with one attached hydrogen (secondary N) is 1. The molecular formula is C24H27N3O4S. The highest BCUT2D eigenvalue weighted by atomic mass is 32.1. The van der Waals surface area contributed by atoms with Crippen LogP contribution in [0.2, 0.25) is 0 Å². The number of thiophene rings is 1. The number of rotatable bonds is 4. The molecule has 1 saturated carbocycles. The molecular weight excluding hydrogens is 426 g/mol. The molecule has 3 amide bonds. The van der Waals surface area contributed by atoms with Crippen molar-refractivity contribution in [1.82, 2.24) is 15.1 Å². The smallest absolute Gasteiger partial charge is 0.263 e. The van der Waals surface area contributed by atoms with E-state index in [-0.39, 0.29) is 30.4 Å². The summed E-state index contributed by atoms with van der Waals surface area (Å²) in [4.78, 5) is 43.8. The molecule has 168 valence electrons. The maximum atomic E-state index is 13.7. The van der Waals surface area contributed by atoms with E-state index in [0.717, 1.165) is 18.4 Å². The molecule has 7 nitrogen and oxygen atoms in total. The van der Waals surface area contributed by atoms with Gasteiger partial charge in [-0.05, 0) is 42.8 Å². The highest BCUT2D eigenvalue weighted by Gasteiger charge is 2.54. The lowest BCUT2D eigenvalue weighted by Gasteiger charge is -2.44. The summed E-state index contributed by atoms with van der Waals surface area (Å²) in [6.07, 6.45) is 2.93. The second-order valence-electron chi connectivity index (χ2n) is 8.82. The van der Waals surface area contributed by atoms with Crippen molar-refractivity contribution in [2.24, 2.45) is 0 Å². The molecule has 32 heavy (non-hydrogen) atoms. The second kappa shape index (κ2) is 8.33. The van der Waals surface area contributed by atoms with E-state index in [1.54, 1.807) is 11.0 Å². The Bertz CT molecular complexity index is 1030. The number of nitrogens with zero attached hydrogens (tertiary/aromatic N) is 2. The Morgan fingerprint density at radius 2 is 1.81 bits per heavy atom. The molecule has 1 aromatic carbocycles. The number of hydrogen-bond acceptors (Lipinski definition) is 5. The molecule has 2 aromatic rings. The molecule has 3 fully saturated rings. The van der Waals surface area contributed by atoms with E-state index in [9.17, 15) is 14.4 Å². The van der Waals surface area contributed by atoms with E-state index in [2.05, 4.69) is 5.32 Å². The summed E-state index contributed by atoms with van der Waals surface area (Å²) < 4.78 is 6.24. The van der Waals surface area contributed by atoms with Gasteiger partial charge in [-0.25, -0.2) is 0 Å². The number of likely N-dealkylation sites (tertiary alicyclic amines) is 1. The molecule has 1 atom stereocenters. The second-order valence-corrected chi connectivity index (χ2v) is 9.76. The first-order valence-electron chi connectivity index (χ1n) is 11.1. The lowest BCUT2D eigenvalue weighted by Crippen LogP contribution is -2.60. The molecule has 3 heterocycles. The topological polar surface area (TPSA) is 79.0 Å². The summed E-state index contributed by atoms with van der Waals surface area (Å²) in [7, 11) is 0. The number of amides is 3. The van der Waals surface area contributed by atoms with Crippen LogP contribution in [0.15, 0.2) is 41.8 Å². The van der Waals surface area contributed by atoms with Crippen LogP contribution in [0.3, 0.4) is 0 Å². The van der Waals surface area contributed by atoms with E-state index in [1.807, 2.05) is 47.5 Å². The van der Waals surface area contributed by atoms with Crippen LogP contribution >= 0.6 is 11.3 Å². The summed E-state index contributed by atoms with van der Waals surface area (Å²) in [6, 6.07) is 10.7. The van der Waals surface area contributed by atoms with Crippen molar-refractivity contribution in [3.8, 4) is 0 Å². The van der Waals surface area contributed by atoms with Gasteiger partial charge in [0.15, 0.2) is 0 Å². The van der Waals surface area contributed by atoms with Gasteiger partial charge >= 0.3 is 0 Å². The maximum Gasteiger partial charge on any atom is 0.263 e. The number of benzene rings is 1. The molecule has 0 unspecified atom stereocenters. The fourth-order valence-corrected chi connectivity index (χ4v) is 5.34. The normalized spacial score (nSPS) is 22.2. The summed E-state index contributed by atoms with van der Waals surface area (Å²) in [5.74, 6) is -0.328. The molecule has 1 aromatic heterocycles. The first-order chi connectivity index (χ1) is 15.5. The van der Waals surface area contributed by atoms with Gasteiger partial charge in [-0.3, -0.25) is 19.3 Å². The average Bonchev–Trinajstić information content (AvgIpc) is 3.30. The third kappa shape index (κ3) is 3.82. The van der Waals surface area contributed by atoms with Crippen molar-refractivity contribution in [3.05, 3.63) is 57.8 Å². The predicted molar refractivity (Wildman–Crippen MR) is 120 cm³/mol. The largest absolute Gasteiger partial charge is 0.353 e. The molecule has 5 rings (SSSR count). The predicted octanol–water partition coefficient (Wildman–Crippen LogP) is 2.81. The van der Waals surface area contributed by atoms with Gasteiger partial charge in [-0.15, -0.1) is 11.3 Å². The van der Waals surface area contributed by atoms with Crippen LogP contribution in [-0.4, -0.2) is 65.0 Å². The van der Waals surface area contributed by atoms with Crippen LogP contribution in [0.1, 0.15) is 51.3 Å². The van der Waals surface area contributed by atoms with E-state index >= 15 is 0 Å². The van der Waals surface area contributed by atoms with Gasteiger partial charge in [0.05, 0.1) is 11.5 Å². The van der Waals surface area contributed by atoms with Gasteiger partial charge in [0, 0.05) is 37.5 Å². The standard InChI is InChI=1S/C24H27N3O4S/c1-16-5-2-3-6-18(16)22(29)27-19(21(28)25-17-8-9-17)15-31-24(27)10-12-26(13-11-24)23(30)20-7-4-14-32-20/h2-7,14,17,19H,8-13,15H2,1H3,(H,25,28)/t19-/m1/s1. The van der Waals surface area contributed by atoms with Gasteiger partial charge < -0.3 is 15.0 Å². The van der Waals surface area contributed by atoms with E-state index in [4.69, 9.17) is 4.74 Å². The SMILES string of the molecule is Cc1ccccc1C(=O)N1[C@@H](C(=O)NC2CC2)COC12CCN(C(=O)c1cccs1)CC2. The summed E-state index contributed by atoms with van der Waals surface area (Å²) >= 11 is 1.43. The number of ether oxygens (including phenoxy) is 1. The van der Waals surface area contributed by atoms with Gasteiger partial charge in [0.1, 0.15) is 11.8 Å². The Balaban J connectivity index is 1.40. The van der Waals surface area contributed by atoms with Gasteiger partial charge in [-0.2, -0.15) is 0 Å². The first kappa shape index (κ1) is 21.2. The third-order valence-corrected chi connectivity index (χ3v) is 7.50. The monoisotopic (exact) mass is 453 g/mol. The molecule has 2 aliphatic heterocycles. The van der Waals surface area contributed by atoms with Crippen LogP contribution in [0.25, 0.3) is 0 Å². The summed E-state index contributed by atoms with van der Waals surface area (Å²) in [5, 5.41) is 4.93. The molecule has 8 heteroatoms. The number of carbonyl (C=O) groups excluding carboxylic acids is 3. The zero-order valence-electron chi connectivity index (χ0n) is 18.1. The van der Waals surface area contributed by atoms with Gasteiger partial charge in [-0.1, -0.05) is 24.3 Å². The van der Waals surface area contributed by atoms with E-state index in [0.29, 0.717) is 36.4 Å². The van der Waals surface area contributed by atoms with Crippen molar-refractivity contribution in [3.63, 3.8) is 0 Å². The third-order valence-electron chi connectivity index (χ3n) is 6.65. The van der Waals surface area contributed by atoms with Crippen molar-refractivity contribution in [2.45, 2.75) is 50.4 Å². The van der Waals surface area contributed by atoms with Gasteiger partial charge in [0.25, 0.3) is 11.8 Å². The van der Waals surface area contributed by atoms with Crippen LogP contribution in [0.5, 0.6) is 0 Å². The minimum atomic E-state index is -0.878. The van der Waals surface area contributed by atoms with Crippen molar-refractivity contribution >= 4 is 29.1 Å². The summed E-state index contributed by atoms with van der Waals surface area (Å²) in [5.41, 5.74) is 0.571. The fraction of sp³-hybridized carbons (Fsp3) is 0.458. The highest BCUT2D eigenvalue weighted by molar-refractivity contribution is 7.12. The molecule has 1 spiro atoms. The van der Waals surface area contributed by atoms with Crippen molar-refractivity contribution in [2.75, 3.05) is 19.7 Å². The Kier molecular flexibility index (Phi) is 5.51. The summed E-state index contributed by atoms with van der Waals surface area (Å²) in [6.45, 7) is 3.03. The number of carbonyl (C=O) groups is 3. The molecule has 1 aliphatic carbocycles. The Labute approximate surface area is 191 Å². The number of piperidine rings is 1. The minimum Gasteiger partial charge on any atom is -0.353 e. The average molecular weight is 454 g/mol. The zero-order chi connectivity index (χ0) is 22.3. The number of hydrogen-bond donors (Lipinski definition) is 1. The lowest BCUT2D eigenvalue weighted by atomic mass is 9.95. The van der Waals surface area contributed by atoms with Crippen LogP contribution in [0.4, 0.5) is 0 Å². The quantitative estimate of drug-likeness (QED) is 0.772. The Morgan fingerprint density at radius 3 is 2.47 bits per heavy atom. The first-order valence-corrected chi connectivity index (χ1v) is 12.0. The molecule has 0 radical (unpaired) electrons. The Hall–Kier alpha value is -2.71. The maximum absolute atomic E-state index is 13.7. The zero-order valence-corrected chi connectivity index (χ0v) is 18.9. The Morgan fingerprint density at radius 1 is 1.06 bits per heavy atom. The number of aryl methyl sites for hydroxylation is 1. The van der Waals surface area contributed by atoms with Crippen LogP contribution in [-0.2, 0) is 9.53 Å². The van der Waals surface area contributed by atoms with E-state index in [1.165, 1.54) is 11.3 Å². The van der Waals surface area contributed by atoms with Gasteiger partial charge in [0.2, 0.25) is 5.91 Å². The lowest BCUT2D eigenvalue weighted by molar-refractivity contribution is -0.128. The molecule has 1 N–H and O–H groups in total. The van der Waals surface area contributed by atoms with Crippen molar-refractivity contribution in [1.29, 1.82) is 0 Å². The highest BCUT2D eigenvalue weighted by Crippen LogP contribution is 2.39. The molecule has 0 bridgehead atoms. The van der Waals surface area contributed by atoms with E-state index < -0.39 is 11.8 Å². The molecule has 2 saturated heterocycles. The fourth-order valence-electron chi connectivity index (χ4n) is 4.65.